The number of nitrogens with zero attached hydrogens (tertiary/aromatic N) is 1. The van der Waals surface area contributed by atoms with Crippen LogP contribution in [0.4, 0.5) is 5.69 Å². The van der Waals surface area contributed by atoms with E-state index in [1.807, 2.05) is 36.4 Å². The van der Waals surface area contributed by atoms with Crippen LogP contribution >= 0.6 is 0 Å². The molecule has 120 valence electrons. The summed E-state index contributed by atoms with van der Waals surface area (Å²) < 4.78 is 1.63. The lowest BCUT2D eigenvalue weighted by Crippen LogP contribution is -2.16. The van der Waals surface area contributed by atoms with Crippen LogP contribution in [0.25, 0.3) is 11.1 Å². The Kier molecular flexibility index (Phi) is 4.16. The average molecular weight is 319 g/mol. The van der Waals surface area contributed by atoms with Gasteiger partial charge in [-0.05, 0) is 17.7 Å². The number of aromatic nitrogens is 1. The van der Waals surface area contributed by atoms with Crippen LogP contribution in [0.3, 0.4) is 0 Å². The summed E-state index contributed by atoms with van der Waals surface area (Å²) in [7, 11) is 1.73. The Morgan fingerprint density at radius 1 is 0.958 bits per heavy atom. The summed E-state index contributed by atoms with van der Waals surface area (Å²) in [6.45, 7) is 0. The smallest absolute Gasteiger partial charge is 0.266 e. The number of hydrogen-bond donors (Lipinski definition) is 2. The van der Waals surface area contributed by atoms with Gasteiger partial charge in [0.2, 0.25) is 0 Å². The number of benzene rings is 2. The van der Waals surface area contributed by atoms with Gasteiger partial charge in [-0.15, -0.1) is 0 Å². The molecule has 0 fully saturated rings. The van der Waals surface area contributed by atoms with Crippen molar-refractivity contribution in [3.63, 3.8) is 0 Å². The van der Waals surface area contributed by atoms with Gasteiger partial charge in [0.15, 0.2) is 0 Å². The van der Waals surface area contributed by atoms with Crippen LogP contribution in [0, 0.1) is 0 Å². The van der Waals surface area contributed by atoms with E-state index >= 15 is 0 Å². The predicted molar refractivity (Wildman–Crippen MR) is 93.8 cm³/mol. The van der Waals surface area contributed by atoms with Crippen LogP contribution in [0.1, 0.15) is 20.8 Å². The molecule has 0 atom stereocenters. The number of primary amides is 1. The normalized spacial score (nSPS) is 10.4. The zero-order valence-corrected chi connectivity index (χ0v) is 13.2. The van der Waals surface area contributed by atoms with Gasteiger partial charge in [-0.2, -0.15) is 0 Å². The van der Waals surface area contributed by atoms with Crippen LogP contribution < -0.4 is 11.1 Å². The fraction of sp³-hybridized carbons (Fsp3) is 0.0526. The minimum absolute atomic E-state index is 0.241. The van der Waals surface area contributed by atoms with Gasteiger partial charge in [0.25, 0.3) is 11.8 Å². The first-order valence-corrected chi connectivity index (χ1v) is 7.49. The number of nitrogens with one attached hydrogen (secondary N) is 1. The molecule has 0 aliphatic carbocycles. The van der Waals surface area contributed by atoms with E-state index < -0.39 is 5.91 Å². The molecule has 0 aliphatic rings. The number of hydrogen-bond acceptors (Lipinski definition) is 2. The van der Waals surface area contributed by atoms with Crippen molar-refractivity contribution in [3.05, 3.63) is 78.1 Å². The number of amides is 2. The highest BCUT2D eigenvalue weighted by Crippen LogP contribution is 2.33. The molecule has 0 saturated heterocycles. The van der Waals surface area contributed by atoms with Crippen molar-refractivity contribution in [1.82, 2.24) is 4.57 Å². The summed E-state index contributed by atoms with van der Waals surface area (Å²) in [5, 5.41) is 2.87. The van der Waals surface area contributed by atoms with Crippen LogP contribution in [0.15, 0.2) is 66.9 Å². The lowest BCUT2D eigenvalue weighted by atomic mass is 10.0. The molecule has 0 bridgehead atoms. The zero-order chi connectivity index (χ0) is 17.1. The minimum Gasteiger partial charge on any atom is -0.364 e. The van der Waals surface area contributed by atoms with Gasteiger partial charge in [-0.25, -0.2) is 0 Å². The second-order valence-corrected chi connectivity index (χ2v) is 5.43. The van der Waals surface area contributed by atoms with Gasteiger partial charge in [-0.1, -0.05) is 48.5 Å². The van der Waals surface area contributed by atoms with E-state index in [2.05, 4.69) is 5.32 Å². The lowest BCUT2D eigenvalue weighted by molar-refractivity contribution is 0.0990. The molecule has 3 N–H and O–H groups in total. The Hall–Kier alpha value is -3.34. The van der Waals surface area contributed by atoms with Crippen molar-refractivity contribution in [1.29, 1.82) is 0 Å². The third-order valence-corrected chi connectivity index (χ3v) is 3.76. The number of carbonyl (C=O) groups is 2. The molecule has 2 aromatic carbocycles. The van der Waals surface area contributed by atoms with E-state index in [1.165, 1.54) is 0 Å². The molecule has 0 radical (unpaired) electrons. The Balaban J connectivity index is 2.07. The summed E-state index contributed by atoms with van der Waals surface area (Å²) >= 11 is 0. The van der Waals surface area contributed by atoms with E-state index in [0.29, 0.717) is 22.5 Å². The fourth-order valence-corrected chi connectivity index (χ4v) is 2.70. The quantitative estimate of drug-likeness (QED) is 0.775. The standard InChI is InChI=1S/C19H17N3O2/c1-22-12-15(21-19(24)14-10-6-3-7-11-14)16(17(22)18(20)23)13-8-4-2-5-9-13/h2-12H,1H3,(H2,20,23)(H,21,24). The minimum atomic E-state index is -0.545. The van der Waals surface area contributed by atoms with E-state index in [4.69, 9.17) is 5.73 Å². The summed E-state index contributed by atoms with van der Waals surface area (Å²) in [6.07, 6.45) is 1.70. The number of rotatable bonds is 4. The van der Waals surface area contributed by atoms with Crippen LogP contribution in [-0.4, -0.2) is 16.4 Å². The monoisotopic (exact) mass is 319 g/mol. The molecule has 1 heterocycles. The van der Waals surface area contributed by atoms with E-state index in [1.54, 1.807) is 42.1 Å². The second kappa shape index (κ2) is 6.42. The van der Waals surface area contributed by atoms with Crippen molar-refractivity contribution in [2.75, 3.05) is 5.32 Å². The molecular formula is C19H17N3O2. The molecule has 24 heavy (non-hydrogen) atoms. The summed E-state index contributed by atoms with van der Waals surface area (Å²) in [6, 6.07) is 18.3. The molecule has 0 saturated carbocycles. The summed E-state index contributed by atoms with van der Waals surface area (Å²) in [5.74, 6) is -0.786. The first-order valence-electron chi connectivity index (χ1n) is 7.49. The second-order valence-electron chi connectivity index (χ2n) is 5.43. The first kappa shape index (κ1) is 15.6. The Morgan fingerprint density at radius 2 is 1.54 bits per heavy atom. The molecule has 3 aromatic rings. The molecule has 1 aromatic heterocycles. The average Bonchev–Trinajstić information content (AvgIpc) is 2.92. The highest BCUT2D eigenvalue weighted by molar-refractivity contribution is 6.09. The van der Waals surface area contributed by atoms with E-state index in [0.717, 1.165) is 5.56 Å². The van der Waals surface area contributed by atoms with E-state index in [9.17, 15) is 9.59 Å². The van der Waals surface area contributed by atoms with Crippen LogP contribution in [0.5, 0.6) is 0 Å². The first-order chi connectivity index (χ1) is 11.6. The Morgan fingerprint density at radius 3 is 2.12 bits per heavy atom. The van der Waals surface area contributed by atoms with Crippen molar-refractivity contribution >= 4 is 17.5 Å². The Labute approximate surface area is 139 Å². The summed E-state index contributed by atoms with van der Waals surface area (Å²) in [5.41, 5.74) is 8.41. The van der Waals surface area contributed by atoms with Crippen LogP contribution in [0.2, 0.25) is 0 Å². The number of nitrogens with two attached hydrogens (primary N) is 1. The molecule has 2 amide bonds. The molecule has 5 nitrogen and oxygen atoms in total. The molecule has 5 heteroatoms. The van der Waals surface area contributed by atoms with Crippen molar-refractivity contribution in [2.45, 2.75) is 0 Å². The fourth-order valence-electron chi connectivity index (χ4n) is 2.70. The lowest BCUT2D eigenvalue weighted by Gasteiger charge is -2.08. The highest BCUT2D eigenvalue weighted by atomic mass is 16.2. The maximum atomic E-state index is 12.5. The molecule has 3 rings (SSSR count). The summed E-state index contributed by atoms with van der Waals surface area (Å²) in [4.78, 5) is 24.3. The SMILES string of the molecule is Cn1cc(NC(=O)c2ccccc2)c(-c2ccccc2)c1C(N)=O. The Bertz CT molecular complexity index is 884. The van der Waals surface area contributed by atoms with Gasteiger partial charge < -0.3 is 15.6 Å². The molecule has 0 aliphatic heterocycles. The van der Waals surface area contributed by atoms with E-state index in [-0.39, 0.29) is 5.91 Å². The van der Waals surface area contributed by atoms with Crippen LogP contribution in [-0.2, 0) is 7.05 Å². The third-order valence-electron chi connectivity index (χ3n) is 3.76. The van der Waals surface area contributed by atoms with Gasteiger partial charge in [0.1, 0.15) is 5.69 Å². The van der Waals surface area contributed by atoms with Crippen molar-refractivity contribution in [3.8, 4) is 11.1 Å². The number of carbonyl (C=O) groups excluding carboxylic acids is 2. The topological polar surface area (TPSA) is 77.1 Å². The van der Waals surface area contributed by atoms with Gasteiger partial charge in [0.05, 0.1) is 5.69 Å². The molecule has 0 unspecified atom stereocenters. The van der Waals surface area contributed by atoms with Gasteiger partial charge in [-0.3, -0.25) is 9.59 Å². The number of aryl methyl sites for hydroxylation is 1. The van der Waals surface area contributed by atoms with Crippen molar-refractivity contribution < 1.29 is 9.59 Å². The zero-order valence-electron chi connectivity index (χ0n) is 13.2. The number of anilines is 1. The molecular weight excluding hydrogens is 302 g/mol. The molecule has 0 spiro atoms. The maximum Gasteiger partial charge on any atom is 0.266 e. The predicted octanol–water partition coefficient (Wildman–Crippen LogP) is 3.04. The third kappa shape index (κ3) is 2.92. The van der Waals surface area contributed by atoms with Gasteiger partial charge >= 0.3 is 0 Å². The largest absolute Gasteiger partial charge is 0.364 e. The van der Waals surface area contributed by atoms with Gasteiger partial charge in [0, 0.05) is 24.4 Å². The van der Waals surface area contributed by atoms with Crippen molar-refractivity contribution in [2.24, 2.45) is 12.8 Å². The maximum absolute atomic E-state index is 12.5. The highest BCUT2D eigenvalue weighted by Gasteiger charge is 2.21.